The number of hydrogen-bond acceptors (Lipinski definition) is 1. The smallest absolute Gasteiger partial charge is 0.331 e. The van der Waals surface area contributed by atoms with Gasteiger partial charge in [-0.2, -0.15) is 0 Å². The molecule has 0 radical (unpaired) electrons. The number of benzene rings is 1. The van der Waals surface area contributed by atoms with Gasteiger partial charge in [0, 0.05) is 12.0 Å². The molecular formula is C10H8Cl2O2. The predicted molar refractivity (Wildman–Crippen MR) is 56.9 cm³/mol. The molecule has 1 N–H and O–H groups in total. The zero-order valence-electron chi connectivity index (χ0n) is 7.26. The molecule has 0 bridgehead atoms. The van der Waals surface area contributed by atoms with Gasteiger partial charge in [-0.15, -0.1) is 0 Å². The maximum Gasteiger partial charge on any atom is 0.331 e. The van der Waals surface area contributed by atoms with E-state index in [-0.39, 0.29) is 12.0 Å². The third kappa shape index (κ3) is 2.76. The van der Waals surface area contributed by atoms with Crippen molar-refractivity contribution in [1.82, 2.24) is 0 Å². The molecule has 0 aliphatic rings. The van der Waals surface area contributed by atoms with Crippen LogP contribution >= 0.6 is 23.2 Å². The van der Waals surface area contributed by atoms with Gasteiger partial charge in [0.2, 0.25) is 0 Å². The highest BCUT2D eigenvalue weighted by Crippen LogP contribution is 2.23. The highest BCUT2D eigenvalue weighted by molar-refractivity contribution is 6.42. The summed E-state index contributed by atoms with van der Waals surface area (Å²) in [4.78, 5) is 10.5. The number of carboxylic acid groups (broad SMARTS) is 1. The van der Waals surface area contributed by atoms with E-state index in [0.717, 1.165) is 5.56 Å². The van der Waals surface area contributed by atoms with Crippen LogP contribution in [-0.2, 0) is 11.2 Å². The summed E-state index contributed by atoms with van der Waals surface area (Å²) in [5.74, 6) is -1.00. The Kier molecular flexibility index (Phi) is 3.55. The van der Waals surface area contributed by atoms with Crippen molar-refractivity contribution in [3.05, 3.63) is 46.0 Å². The van der Waals surface area contributed by atoms with Crippen molar-refractivity contribution in [2.75, 3.05) is 0 Å². The first-order chi connectivity index (χ1) is 6.50. The molecule has 0 aliphatic heterocycles. The number of rotatable bonds is 3. The molecule has 1 rings (SSSR count). The van der Waals surface area contributed by atoms with Gasteiger partial charge < -0.3 is 5.11 Å². The summed E-state index contributed by atoms with van der Waals surface area (Å²) < 4.78 is 0. The summed E-state index contributed by atoms with van der Waals surface area (Å²) in [5, 5.41) is 9.48. The highest BCUT2D eigenvalue weighted by Gasteiger charge is 2.06. The molecule has 0 amide bonds. The second-order valence-corrected chi connectivity index (χ2v) is 3.65. The fraction of sp³-hybridized carbons (Fsp3) is 0.100. The Morgan fingerprint density at radius 3 is 2.50 bits per heavy atom. The molecule has 1 aromatic rings. The predicted octanol–water partition coefficient (Wildman–Crippen LogP) is 3.18. The molecule has 0 saturated carbocycles. The van der Waals surface area contributed by atoms with Crippen molar-refractivity contribution in [2.45, 2.75) is 6.42 Å². The van der Waals surface area contributed by atoms with Gasteiger partial charge in [0.25, 0.3) is 0 Å². The third-order valence-corrected chi connectivity index (χ3v) is 2.44. The van der Waals surface area contributed by atoms with E-state index in [9.17, 15) is 4.79 Å². The first-order valence-corrected chi connectivity index (χ1v) is 4.61. The molecule has 0 aliphatic carbocycles. The first-order valence-electron chi connectivity index (χ1n) is 3.85. The molecular weight excluding hydrogens is 223 g/mol. The number of aliphatic carboxylic acids is 1. The van der Waals surface area contributed by atoms with Crippen molar-refractivity contribution < 1.29 is 9.90 Å². The normalized spacial score (nSPS) is 9.86. The number of carbonyl (C=O) groups is 1. The van der Waals surface area contributed by atoms with Crippen molar-refractivity contribution >= 4 is 29.2 Å². The Bertz CT molecular complexity index is 386. The Morgan fingerprint density at radius 2 is 2.00 bits per heavy atom. The third-order valence-electron chi connectivity index (χ3n) is 1.70. The summed E-state index contributed by atoms with van der Waals surface area (Å²) in [5.41, 5.74) is 0.912. The van der Waals surface area contributed by atoms with Crippen LogP contribution in [0.5, 0.6) is 0 Å². The molecule has 0 unspecified atom stereocenters. The summed E-state index contributed by atoms with van der Waals surface area (Å²) in [6.07, 6.45) is 0.270. The van der Waals surface area contributed by atoms with Crippen molar-refractivity contribution in [2.24, 2.45) is 0 Å². The maximum absolute atomic E-state index is 10.5. The molecule has 74 valence electrons. The minimum Gasteiger partial charge on any atom is -0.478 e. The molecule has 1 aromatic carbocycles. The lowest BCUT2D eigenvalue weighted by molar-refractivity contribution is -0.132. The number of hydrogen-bond donors (Lipinski definition) is 1. The van der Waals surface area contributed by atoms with Crippen LogP contribution in [0, 0.1) is 0 Å². The molecule has 0 aromatic heterocycles. The van der Waals surface area contributed by atoms with Crippen molar-refractivity contribution in [3.63, 3.8) is 0 Å². The van der Waals surface area contributed by atoms with Crippen LogP contribution in [0.25, 0.3) is 0 Å². The Morgan fingerprint density at radius 1 is 1.36 bits per heavy atom. The quantitative estimate of drug-likeness (QED) is 0.811. The Hall–Kier alpha value is -0.990. The van der Waals surface area contributed by atoms with E-state index in [2.05, 4.69) is 6.58 Å². The molecule has 0 spiro atoms. The van der Waals surface area contributed by atoms with E-state index in [0.29, 0.717) is 10.0 Å². The van der Waals surface area contributed by atoms with E-state index >= 15 is 0 Å². The van der Waals surface area contributed by atoms with Crippen molar-refractivity contribution in [1.29, 1.82) is 0 Å². The molecule has 14 heavy (non-hydrogen) atoms. The monoisotopic (exact) mass is 230 g/mol. The van der Waals surface area contributed by atoms with Gasteiger partial charge in [-0.3, -0.25) is 0 Å². The highest BCUT2D eigenvalue weighted by atomic mass is 35.5. The zero-order chi connectivity index (χ0) is 10.7. The van der Waals surface area contributed by atoms with Crippen LogP contribution in [0.2, 0.25) is 10.0 Å². The Balaban J connectivity index is 2.83. The van der Waals surface area contributed by atoms with Gasteiger partial charge in [0.05, 0.1) is 10.0 Å². The first kappa shape index (κ1) is 11.1. The number of halogens is 2. The van der Waals surface area contributed by atoms with E-state index < -0.39 is 5.97 Å². The topological polar surface area (TPSA) is 37.3 Å². The molecule has 0 heterocycles. The fourth-order valence-electron chi connectivity index (χ4n) is 0.972. The van der Waals surface area contributed by atoms with Gasteiger partial charge in [-0.25, -0.2) is 4.79 Å². The molecule has 2 nitrogen and oxygen atoms in total. The van der Waals surface area contributed by atoms with Crippen LogP contribution < -0.4 is 0 Å². The molecule has 4 heteroatoms. The average molecular weight is 231 g/mol. The summed E-state index contributed by atoms with van der Waals surface area (Å²) >= 11 is 11.5. The van der Waals surface area contributed by atoms with Crippen LogP contribution in [0.3, 0.4) is 0 Å². The van der Waals surface area contributed by atoms with Crippen LogP contribution in [0.15, 0.2) is 30.4 Å². The van der Waals surface area contributed by atoms with E-state index in [4.69, 9.17) is 28.3 Å². The van der Waals surface area contributed by atoms with E-state index in [1.807, 2.05) is 0 Å². The lowest BCUT2D eigenvalue weighted by atomic mass is 10.1. The fourth-order valence-corrected chi connectivity index (χ4v) is 1.29. The molecule has 0 fully saturated rings. The summed E-state index contributed by atoms with van der Waals surface area (Å²) in [7, 11) is 0. The zero-order valence-corrected chi connectivity index (χ0v) is 8.77. The standard InChI is InChI=1S/C10H8Cl2O2/c1-6(10(13)14)4-7-2-3-8(11)9(12)5-7/h2-3,5H,1,4H2,(H,13,14). The minimum atomic E-state index is -1.00. The van der Waals surface area contributed by atoms with E-state index in [1.54, 1.807) is 18.2 Å². The largest absolute Gasteiger partial charge is 0.478 e. The summed E-state index contributed by atoms with van der Waals surface area (Å²) in [6, 6.07) is 4.99. The van der Waals surface area contributed by atoms with Crippen LogP contribution in [0.4, 0.5) is 0 Å². The lowest BCUT2D eigenvalue weighted by Crippen LogP contribution is -2.01. The van der Waals surface area contributed by atoms with Crippen LogP contribution in [-0.4, -0.2) is 11.1 Å². The van der Waals surface area contributed by atoms with Crippen molar-refractivity contribution in [3.8, 4) is 0 Å². The Labute approximate surface area is 91.8 Å². The summed E-state index contributed by atoms with van der Waals surface area (Å²) in [6.45, 7) is 3.43. The van der Waals surface area contributed by atoms with Gasteiger partial charge in [0.15, 0.2) is 0 Å². The minimum absolute atomic E-state index is 0.128. The molecule has 0 atom stereocenters. The molecule has 0 saturated heterocycles. The average Bonchev–Trinajstić information content (AvgIpc) is 2.11. The van der Waals surface area contributed by atoms with Gasteiger partial charge in [0.1, 0.15) is 0 Å². The maximum atomic E-state index is 10.5. The van der Waals surface area contributed by atoms with Gasteiger partial charge >= 0.3 is 5.97 Å². The van der Waals surface area contributed by atoms with Gasteiger partial charge in [-0.1, -0.05) is 35.8 Å². The second kappa shape index (κ2) is 4.49. The lowest BCUT2D eigenvalue weighted by Gasteiger charge is -2.02. The van der Waals surface area contributed by atoms with Crippen LogP contribution in [0.1, 0.15) is 5.56 Å². The van der Waals surface area contributed by atoms with E-state index in [1.165, 1.54) is 0 Å². The second-order valence-electron chi connectivity index (χ2n) is 2.83. The SMILES string of the molecule is C=C(Cc1ccc(Cl)c(Cl)c1)C(=O)O. The van der Waals surface area contributed by atoms with Gasteiger partial charge in [-0.05, 0) is 17.7 Å². The number of carboxylic acids is 1.